The Bertz CT molecular complexity index is 433. The highest BCUT2D eigenvalue weighted by Gasteiger charge is 2.19. The van der Waals surface area contributed by atoms with Crippen molar-refractivity contribution in [1.29, 1.82) is 0 Å². The van der Waals surface area contributed by atoms with Crippen LogP contribution in [0.4, 0.5) is 5.82 Å². The first kappa shape index (κ1) is 16.4. The first-order valence-corrected chi connectivity index (χ1v) is 7.05. The number of nitrogens with one attached hydrogen (secondary N) is 2. The molecule has 20 heavy (non-hydrogen) atoms. The van der Waals surface area contributed by atoms with Crippen molar-refractivity contribution >= 4 is 11.7 Å². The van der Waals surface area contributed by atoms with E-state index in [0.29, 0.717) is 12.4 Å². The lowest BCUT2D eigenvalue weighted by atomic mass is 9.87. The highest BCUT2D eigenvalue weighted by Crippen LogP contribution is 2.22. The number of hydrogen-bond donors (Lipinski definition) is 3. The molecular weight excluding hydrogens is 254 g/mol. The summed E-state index contributed by atoms with van der Waals surface area (Å²) in [5, 5.41) is 2.91. The monoisotopic (exact) mass is 279 g/mol. The van der Waals surface area contributed by atoms with Crippen LogP contribution < -0.4 is 16.6 Å². The summed E-state index contributed by atoms with van der Waals surface area (Å²) in [4.78, 5) is 20.0. The maximum absolute atomic E-state index is 12.0. The third-order valence-electron chi connectivity index (χ3n) is 3.20. The van der Waals surface area contributed by atoms with Gasteiger partial charge in [0.25, 0.3) is 5.91 Å². The lowest BCUT2D eigenvalue weighted by Gasteiger charge is -2.24. The Morgan fingerprint density at radius 3 is 2.75 bits per heavy atom. The zero-order chi connectivity index (χ0) is 15.0. The largest absolute Gasteiger partial charge is 0.350 e. The molecule has 0 fully saturated rings. The summed E-state index contributed by atoms with van der Waals surface area (Å²) >= 11 is 0. The normalized spacial score (nSPS) is 11.2. The number of nitrogens with zero attached hydrogens (tertiary/aromatic N) is 2. The number of unbranched alkanes of at least 4 members (excludes halogenated alkanes) is 2. The van der Waals surface area contributed by atoms with Crippen LogP contribution >= 0.6 is 0 Å². The number of carbonyl (C=O) groups is 1. The number of hydrogen-bond acceptors (Lipinski definition) is 5. The van der Waals surface area contributed by atoms with Gasteiger partial charge in [-0.2, -0.15) is 0 Å². The average Bonchev–Trinajstić information content (AvgIpc) is 2.45. The molecule has 0 saturated carbocycles. The predicted molar refractivity (Wildman–Crippen MR) is 80.1 cm³/mol. The molecule has 0 atom stereocenters. The Balaban J connectivity index is 2.49. The van der Waals surface area contributed by atoms with E-state index in [1.165, 1.54) is 31.7 Å². The molecule has 0 aromatic carbocycles. The number of hydrazine groups is 1. The summed E-state index contributed by atoms with van der Waals surface area (Å²) in [6, 6.07) is 0. The van der Waals surface area contributed by atoms with E-state index in [-0.39, 0.29) is 17.0 Å². The van der Waals surface area contributed by atoms with Crippen molar-refractivity contribution in [2.45, 2.75) is 46.5 Å². The fraction of sp³-hybridized carbons (Fsp3) is 0.643. The molecule has 0 aliphatic carbocycles. The van der Waals surface area contributed by atoms with Gasteiger partial charge in [0, 0.05) is 6.54 Å². The van der Waals surface area contributed by atoms with Gasteiger partial charge in [0.05, 0.1) is 12.4 Å². The molecule has 1 aromatic rings. The molecular formula is C14H25N5O. The van der Waals surface area contributed by atoms with Crippen molar-refractivity contribution in [2.75, 3.05) is 12.0 Å². The van der Waals surface area contributed by atoms with E-state index in [4.69, 9.17) is 5.84 Å². The molecule has 1 rings (SSSR count). The van der Waals surface area contributed by atoms with Crippen LogP contribution in [0.3, 0.4) is 0 Å². The predicted octanol–water partition coefficient (Wildman–Crippen LogP) is 2.10. The van der Waals surface area contributed by atoms with Gasteiger partial charge in [-0.05, 0) is 11.8 Å². The van der Waals surface area contributed by atoms with Crippen molar-refractivity contribution in [3.8, 4) is 0 Å². The number of anilines is 1. The zero-order valence-corrected chi connectivity index (χ0v) is 12.6. The summed E-state index contributed by atoms with van der Waals surface area (Å²) in [7, 11) is 0. The second-order valence-electron chi connectivity index (χ2n) is 5.74. The highest BCUT2D eigenvalue weighted by atomic mass is 16.1. The van der Waals surface area contributed by atoms with Crippen LogP contribution in [-0.2, 0) is 0 Å². The summed E-state index contributed by atoms with van der Waals surface area (Å²) < 4.78 is 0. The fourth-order valence-electron chi connectivity index (χ4n) is 1.90. The average molecular weight is 279 g/mol. The van der Waals surface area contributed by atoms with Crippen molar-refractivity contribution in [2.24, 2.45) is 11.3 Å². The van der Waals surface area contributed by atoms with Gasteiger partial charge in [-0.25, -0.2) is 10.8 Å². The van der Waals surface area contributed by atoms with E-state index in [9.17, 15) is 4.79 Å². The van der Waals surface area contributed by atoms with Gasteiger partial charge < -0.3 is 10.7 Å². The molecule has 6 nitrogen and oxygen atoms in total. The Labute approximate surface area is 120 Å². The molecule has 1 aromatic heterocycles. The van der Waals surface area contributed by atoms with Gasteiger partial charge in [-0.1, -0.05) is 40.0 Å². The molecule has 1 amide bonds. The summed E-state index contributed by atoms with van der Waals surface area (Å²) in [5.41, 5.74) is 2.73. The second kappa shape index (κ2) is 7.79. The number of nitrogen functional groups attached to an aromatic ring is 1. The minimum atomic E-state index is -0.224. The van der Waals surface area contributed by atoms with Crippen LogP contribution in [0, 0.1) is 5.41 Å². The summed E-state index contributed by atoms with van der Waals surface area (Å²) in [5.74, 6) is 5.40. The van der Waals surface area contributed by atoms with Crippen LogP contribution in [-0.4, -0.2) is 22.4 Å². The van der Waals surface area contributed by atoms with Crippen LogP contribution in [0.1, 0.15) is 56.9 Å². The van der Waals surface area contributed by atoms with E-state index in [1.807, 2.05) is 0 Å². The molecule has 0 bridgehead atoms. The van der Waals surface area contributed by atoms with Crippen LogP contribution in [0.2, 0.25) is 0 Å². The molecule has 0 saturated heterocycles. The molecule has 0 aliphatic heterocycles. The van der Waals surface area contributed by atoms with Gasteiger partial charge >= 0.3 is 0 Å². The van der Waals surface area contributed by atoms with Gasteiger partial charge in [0.15, 0.2) is 5.82 Å². The maximum Gasteiger partial charge on any atom is 0.271 e. The lowest BCUT2D eigenvalue weighted by Crippen LogP contribution is -2.34. The third-order valence-corrected chi connectivity index (χ3v) is 3.20. The molecule has 6 heteroatoms. The van der Waals surface area contributed by atoms with E-state index in [1.54, 1.807) is 0 Å². The molecule has 0 spiro atoms. The van der Waals surface area contributed by atoms with E-state index < -0.39 is 0 Å². The molecule has 112 valence electrons. The van der Waals surface area contributed by atoms with Crippen molar-refractivity contribution in [3.05, 3.63) is 18.1 Å². The standard InChI is InChI=1S/C14H25N5O/c1-4-5-6-7-14(2,3)10-17-13(20)11-8-16-9-12(18-11)19-15/h8-9H,4-7,10,15H2,1-3H3,(H,17,20)(H,18,19). The van der Waals surface area contributed by atoms with Crippen molar-refractivity contribution in [3.63, 3.8) is 0 Å². The number of aromatic nitrogens is 2. The minimum absolute atomic E-state index is 0.0853. The molecule has 0 aliphatic rings. The van der Waals surface area contributed by atoms with Crippen molar-refractivity contribution < 1.29 is 4.79 Å². The van der Waals surface area contributed by atoms with Crippen LogP contribution in [0.5, 0.6) is 0 Å². The Morgan fingerprint density at radius 2 is 2.10 bits per heavy atom. The van der Waals surface area contributed by atoms with E-state index in [2.05, 4.69) is 41.5 Å². The molecule has 0 unspecified atom stereocenters. The zero-order valence-electron chi connectivity index (χ0n) is 12.6. The maximum atomic E-state index is 12.0. The fourth-order valence-corrected chi connectivity index (χ4v) is 1.90. The Morgan fingerprint density at radius 1 is 1.35 bits per heavy atom. The Kier molecular flexibility index (Phi) is 6.38. The summed E-state index contributed by atoms with van der Waals surface area (Å²) in [6.07, 6.45) is 7.61. The van der Waals surface area contributed by atoms with Crippen LogP contribution in [0.15, 0.2) is 12.4 Å². The smallest absolute Gasteiger partial charge is 0.271 e. The van der Waals surface area contributed by atoms with E-state index >= 15 is 0 Å². The SMILES string of the molecule is CCCCCC(C)(C)CNC(=O)c1cncc(NN)n1. The number of rotatable bonds is 8. The van der Waals surface area contributed by atoms with Gasteiger partial charge in [0.2, 0.25) is 0 Å². The molecule has 1 heterocycles. The van der Waals surface area contributed by atoms with Crippen molar-refractivity contribution in [1.82, 2.24) is 15.3 Å². The van der Waals surface area contributed by atoms with Gasteiger partial charge in [0.1, 0.15) is 5.69 Å². The highest BCUT2D eigenvalue weighted by molar-refractivity contribution is 5.92. The first-order chi connectivity index (χ1) is 9.48. The number of nitrogens with two attached hydrogens (primary N) is 1. The third kappa shape index (κ3) is 5.52. The molecule has 4 N–H and O–H groups in total. The molecule has 0 radical (unpaired) electrons. The second-order valence-corrected chi connectivity index (χ2v) is 5.74. The van der Waals surface area contributed by atoms with Gasteiger partial charge in [-0.3, -0.25) is 9.78 Å². The lowest BCUT2D eigenvalue weighted by molar-refractivity contribution is 0.0928. The van der Waals surface area contributed by atoms with Gasteiger partial charge in [-0.15, -0.1) is 0 Å². The minimum Gasteiger partial charge on any atom is -0.350 e. The first-order valence-electron chi connectivity index (χ1n) is 7.05. The summed E-state index contributed by atoms with van der Waals surface area (Å²) in [6.45, 7) is 7.13. The number of amides is 1. The van der Waals surface area contributed by atoms with Crippen LogP contribution in [0.25, 0.3) is 0 Å². The topological polar surface area (TPSA) is 92.9 Å². The van der Waals surface area contributed by atoms with E-state index in [0.717, 1.165) is 6.42 Å². The Hall–Kier alpha value is -1.69. The quantitative estimate of drug-likeness (QED) is 0.385. The number of carbonyl (C=O) groups excluding carboxylic acids is 1.